The minimum Gasteiger partial charge on any atom is -0.379 e. The molecule has 1 aliphatic heterocycles. The van der Waals surface area contributed by atoms with Gasteiger partial charge in [-0.05, 0) is 30.7 Å². The number of carbonyl (C=O) groups is 1. The lowest BCUT2D eigenvalue weighted by Gasteiger charge is -2.27. The van der Waals surface area contributed by atoms with Gasteiger partial charge in [-0.2, -0.15) is 0 Å². The van der Waals surface area contributed by atoms with Crippen LogP contribution in [0.2, 0.25) is 5.02 Å². The standard InChI is InChI=1S/C22H21ClN4O2S2/c23-15-5-3-8-18-19(15)25-22(31-18)27(10-4-9-26-11-13-29-14-12-26)21(28)20-24-16-6-1-2-7-17(16)30-20/h1-3,5-8H,4,9-14H2. The third-order valence-electron chi connectivity index (χ3n) is 5.27. The van der Waals surface area contributed by atoms with Gasteiger partial charge in [0.25, 0.3) is 5.91 Å². The molecule has 4 aromatic rings. The first-order valence-electron chi connectivity index (χ1n) is 10.2. The monoisotopic (exact) mass is 472 g/mol. The number of aromatic nitrogens is 2. The SMILES string of the molecule is O=C(c1nc2ccccc2s1)N(CCCN1CCOCC1)c1nc2c(Cl)cccc2s1. The van der Waals surface area contributed by atoms with E-state index in [9.17, 15) is 4.79 Å². The molecule has 0 aliphatic carbocycles. The Morgan fingerprint density at radius 3 is 2.68 bits per heavy atom. The summed E-state index contributed by atoms with van der Waals surface area (Å²) >= 11 is 9.25. The molecule has 1 fully saturated rings. The van der Waals surface area contributed by atoms with Gasteiger partial charge in [-0.1, -0.05) is 41.1 Å². The van der Waals surface area contributed by atoms with Crippen LogP contribution < -0.4 is 4.90 Å². The number of thiazole rings is 2. The van der Waals surface area contributed by atoms with Crippen molar-refractivity contribution in [2.24, 2.45) is 0 Å². The van der Waals surface area contributed by atoms with Gasteiger partial charge in [0.2, 0.25) is 0 Å². The summed E-state index contributed by atoms with van der Waals surface area (Å²) in [5.74, 6) is -0.113. The van der Waals surface area contributed by atoms with Gasteiger partial charge >= 0.3 is 0 Å². The highest BCUT2D eigenvalue weighted by molar-refractivity contribution is 7.23. The van der Waals surface area contributed by atoms with E-state index in [0.717, 1.165) is 59.7 Å². The quantitative estimate of drug-likeness (QED) is 0.398. The summed E-state index contributed by atoms with van der Waals surface area (Å²) in [5.41, 5.74) is 1.58. The highest BCUT2D eigenvalue weighted by Crippen LogP contribution is 2.34. The van der Waals surface area contributed by atoms with Crippen molar-refractivity contribution in [3.05, 3.63) is 52.5 Å². The summed E-state index contributed by atoms with van der Waals surface area (Å²) in [6.07, 6.45) is 0.848. The van der Waals surface area contributed by atoms with Crippen molar-refractivity contribution in [3.8, 4) is 0 Å². The molecule has 0 N–H and O–H groups in total. The number of fused-ring (bicyclic) bond motifs is 2. The maximum atomic E-state index is 13.5. The normalized spacial score (nSPS) is 15.0. The first-order chi connectivity index (χ1) is 15.2. The topological polar surface area (TPSA) is 58.6 Å². The maximum Gasteiger partial charge on any atom is 0.289 e. The molecule has 0 unspecified atom stereocenters. The number of ether oxygens (including phenoxy) is 1. The van der Waals surface area contributed by atoms with Crippen LogP contribution in [0.1, 0.15) is 16.2 Å². The molecule has 1 amide bonds. The molecule has 0 saturated carbocycles. The molecular weight excluding hydrogens is 452 g/mol. The van der Waals surface area contributed by atoms with Crippen LogP contribution in [0.5, 0.6) is 0 Å². The zero-order chi connectivity index (χ0) is 21.2. The molecule has 0 atom stereocenters. The second kappa shape index (κ2) is 9.18. The van der Waals surface area contributed by atoms with Crippen molar-refractivity contribution in [2.75, 3.05) is 44.3 Å². The Balaban J connectivity index is 1.43. The zero-order valence-electron chi connectivity index (χ0n) is 16.8. The van der Waals surface area contributed by atoms with E-state index in [1.54, 1.807) is 4.90 Å². The van der Waals surface area contributed by atoms with E-state index in [-0.39, 0.29) is 5.91 Å². The van der Waals surface area contributed by atoms with Crippen LogP contribution >= 0.6 is 34.3 Å². The molecule has 2 aromatic heterocycles. The number of hydrogen-bond acceptors (Lipinski definition) is 7. The minimum absolute atomic E-state index is 0.113. The Hall–Kier alpha value is -2.10. The number of rotatable bonds is 6. The number of para-hydroxylation sites is 2. The number of benzene rings is 2. The molecule has 1 aliphatic rings. The number of nitrogens with zero attached hydrogens (tertiary/aromatic N) is 4. The van der Waals surface area contributed by atoms with Crippen molar-refractivity contribution in [2.45, 2.75) is 6.42 Å². The summed E-state index contributed by atoms with van der Waals surface area (Å²) in [6, 6.07) is 13.5. The predicted octanol–water partition coefficient (Wildman–Crippen LogP) is 4.93. The summed E-state index contributed by atoms with van der Waals surface area (Å²) in [4.78, 5) is 27.0. The van der Waals surface area contributed by atoms with Gasteiger partial charge in [0.15, 0.2) is 10.1 Å². The fraction of sp³-hybridized carbons (Fsp3) is 0.318. The van der Waals surface area contributed by atoms with Crippen LogP contribution in [0.3, 0.4) is 0 Å². The highest BCUT2D eigenvalue weighted by Gasteiger charge is 2.25. The lowest BCUT2D eigenvalue weighted by atomic mass is 10.3. The first-order valence-corrected chi connectivity index (χ1v) is 12.2. The van der Waals surface area contributed by atoms with E-state index in [0.29, 0.717) is 21.7 Å². The molecule has 6 nitrogen and oxygen atoms in total. The molecule has 0 radical (unpaired) electrons. The van der Waals surface area contributed by atoms with Crippen LogP contribution in [0.4, 0.5) is 5.13 Å². The first kappa shape index (κ1) is 20.8. The third-order valence-corrected chi connectivity index (χ3v) is 7.64. The van der Waals surface area contributed by atoms with Gasteiger partial charge in [-0.15, -0.1) is 11.3 Å². The Labute approximate surface area is 193 Å². The second-order valence-corrected chi connectivity index (χ2v) is 9.78. The van der Waals surface area contributed by atoms with Crippen LogP contribution in [0.25, 0.3) is 20.4 Å². The second-order valence-electron chi connectivity index (χ2n) is 7.33. The third kappa shape index (κ3) is 4.44. The Morgan fingerprint density at radius 2 is 1.87 bits per heavy atom. The fourth-order valence-electron chi connectivity index (χ4n) is 3.66. The van der Waals surface area contributed by atoms with Gasteiger partial charge in [-0.25, -0.2) is 9.97 Å². The smallest absolute Gasteiger partial charge is 0.289 e. The maximum absolute atomic E-state index is 13.5. The summed E-state index contributed by atoms with van der Waals surface area (Å²) in [7, 11) is 0. The molecular formula is C22H21ClN4O2S2. The van der Waals surface area contributed by atoms with E-state index in [1.807, 2.05) is 42.5 Å². The van der Waals surface area contributed by atoms with E-state index < -0.39 is 0 Å². The molecule has 31 heavy (non-hydrogen) atoms. The van der Waals surface area contributed by atoms with Gasteiger partial charge in [0.1, 0.15) is 5.52 Å². The molecule has 9 heteroatoms. The molecule has 1 saturated heterocycles. The van der Waals surface area contributed by atoms with Crippen molar-refractivity contribution in [3.63, 3.8) is 0 Å². The van der Waals surface area contributed by atoms with E-state index in [2.05, 4.69) is 9.88 Å². The van der Waals surface area contributed by atoms with Gasteiger partial charge in [0.05, 0.1) is 33.2 Å². The Morgan fingerprint density at radius 1 is 1.06 bits per heavy atom. The lowest BCUT2D eigenvalue weighted by molar-refractivity contribution is 0.0376. The number of morpholine rings is 1. The van der Waals surface area contributed by atoms with Crippen LogP contribution in [-0.2, 0) is 4.74 Å². The highest BCUT2D eigenvalue weighted by atomic mass is 35.5. The van der Waals surface area contributed by atoms with E-state index in [1.165, 1.54) is 22.7 Å². The number of anilines is 1. The van der Waals surface area contributed by atoms with Crippen molar-refractivity contribution in [1.29, 1.82) is 0 Å². The Kier molecular flexibility index (Phi) is 6.15. The number of halogens is 1. The van der Waals surface area contributed by atoms with Crippen molar-refractivity contribution < 1.29 is 9.53 Å². The fourth-order valence-corrected chi connectivity index (χ4v) is 5.86. The molecule has 5 rings (SSSR count). The average Bonchev–Trinajstić information content (AvgIpc) is 3.42. The Bertz CT molecular complexity index is 1190. The summed E-state index contributed by atoms with van der Waals surface area (Å²) in [5, 5.41) is 1.74. The zero-order valence-corrected chi connectivity index (χ0v) is 19.2. The van der Waals surface area contributed by atoms with E-state index >= 15 is 0 Å². The van der Waals surface area contributed by atoms with E-state index in [4.69, 9.17) is 21.3 Å². The largest absolute Gasteiger partial charge is 0.379 e. The number of carbonyl (C=O) groups excluding carboxylic acids is 1. The molecule has 0 bridgehead atoms. The molecule has 3 heterocycles. The average molecular weight is 473 g/mol. The summed E-state index contributed by atoms with van der Waals surface area (Å²) < 4.78 is 7.41. The van der Waals surface area contributed by atoms with Crippen LogP contribution in [-0.4, -0.2) is 60.2 Å². The molecule has 160 valence electrons. The van der Waals surface area contributed by atoms with Crippen LogP contribution in [0, 0.1) is 0 Å². The molecule has 2 aromatic carbocycles. The minimum atomic E-state index is -0.113. The van der Waals surface area contributed by atoms with Crippen molar-refractivity contribution >= 4 is 65.7 Å². The lowest BCUT2D eigenvalue weighted by Crippen LogP contribution is -2.39. The molecule has 0 spiro atoms. The van der Waals surface area contributed by atoms with Crippen LogP contribution in [0.15, 0.2) is 42.5 Å². The van der Waals surface area contributed by atoms with Gasteiger partial charge in [0, 0.05) is 26.2 Å². The summed E-state index contributed by atoms with van der Waals surface area (Å²) in [6.45, 7) is 4.89. The number of amides is 1. The van der Waals surface area contributed by atoms with Gasteiger partial charge < -0.3 is 4.74 Å². The van der Waals surface area contributed by atoms with Gasteiger partial charge in [-0.3, -0.25) is 14.6 Å². The number of hydrogen-bond donors (Lipinski definition) is 0. The van der Waals surface area contributed by atoms with Crippen molar-refractivity contribution in [1.82, 2.24) is 14.9 Å². The predicted molar refractivity (Wildman–Crippen MR) is 128 cm³/mol.